The minimum absolute atomic E-state index is 0.143. The largest absolute Gasteiger partial charge is 0.337 e. The molecule has 5 nitrogen and oxygen atoms in total. The van der Waals surface area contributed by atoms with Crippen LogP contribution in [0.5, 0.6) is 0 Å². The molecular weight excluding hydrogens is 391 g/mol. The van der Waals surface area contributed by atoms with Crippen molar-refractivity contribution in [1.82, 2.24) is 19.6 Å². The highest BCUT2D eigenvalue weighted by Crippen LogP contribution is 2.27. The number of hydrogen-bond acceptors (Lipinski definition) is 3. The van der Waals surface area contributed by atoms with Crippen LogP contribution in [0.4, 0.5) is 4.39 Å². The van der Waals surface area contributed by atoms with Gasteiger partial charge in [-0.05, 0) is 36.8 Å². The molecule has 1 aliphatic heterocycles. The fraction of sp³-hybridized carbons (Fsp3) is 0.360. The van der Waals surface area contributed by atoms with Crippen molar-refractivity contribution in [3.8, 4) is 5.69 Å². The van der Waals surface area contributed by atoms with Gasteiger partial charge >= 0.3 is 0 Å². The van der Waals surface area contributed by atoms with Gasteiger partial charge in [0.1, 0.15) is 5.82 Å². The number of halogens is 1. The first-order valence-electron chi connectivity index (χ1n) is 11.0. The van der Waals surface area contributed by atoms with E-state index in [4.69, 9.17) is 5.10 Å². The molecule has 1 aliphatic rings. The molecule has 0 fully saturated rings. The average molecular weight is 421 g/mol. The molecular formula is C25H29FN4O. The summed E-state index contributed by atoms with van der Waals surface area (Å²) in [5.41, 5.74) is 5.53. The van der Waals surface area contributed by atoms with E-state index in [-0.39, 0.29) is 11.7 Å². The average Bonchev–Trinajstić information content (AvgIpc) is 3.16. The molecule has 0 N–H and O–H groups in total. The smallest absolute Gasteiger partial charge is 0.222 e. The van der Waals surface area contributed by atoms with Crippen LogP contribution in [0.15, 0.2) is 54.6 Å². The van der Waals surface area contributed by atoms with E-state index >= 15 is 0 Å². The number of fused-ring (bicyclic) bond motifs is 1. The zero-order valence-electron chi connectivity index (χ0n) is 18.2. The van der Waals surface area contributed by atoms with E-state index in [1.54, 1.807) is 0 Å². The maximum Gasteiger partial charge on any atom is 0.222 e. The Morgan fingerprint density at radius 2 is 1.84 bits per heavy atom. The molecule has 0 unspecified atom stereocenters. The lowest BCUT2D eigenvalue weighted by Crippen LogP contribution is -2.33. The Balaban J connectivity index is 1.65. The Kier molecular flexibility index (Phi) is 6.47. The predicted molar refractivity (Wildman–Crippen MR) is 119 cm³/mol. The van der Waals surface area contributed by atoms with Gasteiger partial charge in [-0.1, -0.05) is 37.3 Å². The topological polar surface area (TPSA) is 41.4 Å². The molecule has 1 aromatic heterocycles. The van der Waals surface area contributed by atoms with Gasteiger partial charge in [0.25, 0.3) is 0 Å². The predicted octanol–water partition coefficient (Wildman–Crippen LogP) is 4.33. The fourth-order valence-electron chi connectivity index (χ4n) is 4.22. The van der Waals surface area contributed by atoms with Gasteiger partial charge in [-0.15, -0.1) is 0 Å². The summed E-state index contributed by atoms with van der Waals surface area (Å²) in [5.74, 6) is -0.0687. The summed E-state index contributed by atoms with van der Waals surface area (Å²) in [5, 5.41) is 4.97. The van der Waals surface area contributed by atoms with E-state index in [1.165, 1.54) is 23.4 Å². The van der Waals surface area contributed by atoms with Gasteiger partial charge in [0.2, 0.25) is 5.91 Å². The molecule has 0 atom stereocenters. The number of hydrogen-bond donors (Lipinski definition) is 0. The zero-order valence-corrected chi connectivity index (χ0v) is 18.2. The highest BCUT2D eigenvalue weighted by atomic mass is 19.1. The number of nitrogens with zero attached hydrogens (tertiary/aromatic N) is 4. The SMILES string of the molecule is CCC(=O)N(CC)Cc1nn(-c2ccccc2)c2c1CN(Cc1ccc(F)cc1)CC2. The molecule has 0 bridgehead atoms. The maximum atomic E-state index is 13.3. The Hall–Kier alpha value is -2.99. The molecule has 0 saturated heterocycles. The van der Waals surface area contributed by atoms with Crippen molar-refractivity contribution >= 4 is 5.91 Å². The molecule has 4 rings (SSSR count). The van der Waals surface area contributed by atoms with Crippen LogP contribution in [-0.2, 0) is 30.8 Å². The summed E-state index contributed by atoms with van der Waals surface area (Å²) in [6.45, 7) is 7.54. The number of rotatable bonds is 7. The van der Waals surface area contributed by atoms with Crippen molar-refractivity contribution in [3.05, 3.63) is 82.9 Å². The highest BCUT2D eigenvalue weighted by molar-refractivity contribution is 5.75. The number of amides is 1. The quantitative estimate of drug-likeness (QED) is 0.571. The summed E-state index contributed by atoms with van der Waals surface area (Å²) in [4.78, 5) is 16.6. The molecule has 3 aromatic rings. The fourth-order valence-corrected chi connectivity index (χ4v) is 4.22. The molecule has 2 heterocycles. The molecule has 162 valence electrons. The Morgan fingerprint density at radius 3 is 2.52 bits per heavy atom. The van der Waals surface area contributed by atoms with Gasteiger partial charge in [-0.2, -0.15) is 5.10 Å². The third-order valence-electron chi connectivity index (χ3n) is 5.92. The number of benzene rings is 2. The zero-order chi connectivity index (χ0) is 21.8. The molecule has 1 amide bonds. The molecule has 0 aliphatic carbocycles. The summed E-state index contributed by atoms with van der Waals surface area (Å²) < 4.78 is 15.3. The molecule has 6 heteroatoms. The first-order chi connectivity index (χ1) is 15.1. The van der Waals surface area contributed by atoms with Crippen LogP contribution in [0.1, 0.15) is 42.8 Å². The van der Waals surface area contributed by atoms with Crippen molar-refractivity contribution in [1.29, 1.82) is 0 Å². The van der Waals surface area contributed by atoms with Crippen LogP contribution in [0, 0.1) is 5.82 Å². The normalized spacial score (nSPS) is 13.8. The molecule has 2 aromatic carbocycles. The monoisotopic (exact) mass is 420 g/mol. The second kappa shape index (κ2) is 9.43. The van der Waals surface area contributed by atoms with Crippen LogP contribution in [0.25, 0.3) is 5.69 Å². The van der Waals surface area contributed by atoms with E-state index in [0.29, 0.717) is 19.5 Å². The standard InChI is InChI=1S/C25H29FN4O/c1-3-25(31)29(4-2)18-23-22-17-28(16-19-10-12-20(26)13-11-19)15-14-24(22)30(27-23)21-8-6-5-7-9-21/h5-13H,3-4,14-18H2,1-2H3. The van der Waals surface area contributed by atoms with E-state index in [1.807, 2.05) is 53.8 Å². The third-order valence-corrected chi connectivity index (χ3v) is 5.92. The van der Waals surface area contributed by atoms with Crippen LogP contribution >= 0.6 is 0 Å². The van der Waals surface area contributed by atoms with E-state index < -0.39 is 0 Å². The Morgan fingerprint density at radius 1 is 1.10 bits per heavy atom. The van der Waals surface area contributed by atoms with Crippen molar-refractivity contribution in [3.63, 3.8) is 0 Å². The van der Waals surface area contributed by atoms with E-state index in [2.05, 4.69) is 17.0 Å². The first-order valence-corrected chi connectivity index (χ1v) is 11.0. The number of para-hydroxylation sites is 1. The molecule has 0 spiro atoms. The first kappa shape index (κ1) is 21.2. The lowest BCUT2D eigenvalue weighted by molar-refractivity contribution is -0.131. The lowest BCUT2D eigenvalue weighted by Gasteiger charge is -2.28. The molecule has 0 saturated carbocycles. The van der Waals surface area contributed by atoms with Gasteiger partial charge in [0, 0.05) is 44.6 Å². The van der Waals surface area contributed by atoms with Gasteiger partial charge in [-0.25, -0.2) is 9.07 Å². The minimum Gasteiger partial charge on any atom is -0.337 e. The minimum atomic E-state index is -0.212. The maximum absolute atomic E-state index is 13.3. The summed E-state index contributed by atoms with van der Waals surface area (Å²) in [7, 11) is 0. The highest BCUT2D eigenvalue weighted by Gasteiger charge is 2.27. The summed E-state index contributed by atoms with van der Waals surface area (Å²) in [6, 6.07) is 16.9. The van der Waals surface area contributed by atoms with Gasteiger partial charge < -0.3 is 4.90 Å². The van der Waals surface area contributed by atoms with Gasteiger partial charge in [0.05, 0.1) is 23.6 Å². The second-order valence-electron chi connectivity index (χ2n) is 7.97. The van der Waals surface area contributed by atoms with E-state index in [0.717, 1.165) is 43.0 Å². The van der Waals surface area contributed by atoms with Crippen molar-refractivity contribution in [2.45, 2.75) is 46.3 Å². The number of carbonyl (C=O) groups excluding carboxylic acids is 1. The second-order valence-corrected chi connectivity index (χ2v) is 7.97. The van der Waals surface area contributed by atoms with Crippen molar-refractivity contribution in [2.24, 2.45) is 0 Å². The molecule has 31 heavy (non-hydrogen) atoms. The number of carbonyl (C=O) groups is 1. The van der Waals surface area contributed by atoms with Crippen molar-refractivity contribution in [2.75, 3.05) is 13.1 Å². The van der Waals surface area contributed by atoms with Crippen LogP contribution in [0.3, 0.4) is 0 Å². The third kappa shape index (κ3) is 4.69. The van der Waals surface area contributed by atoms with Gasteiger partial charge in [0.15, 0.2) is 0 Å². The summed E-state index contributed by atoms with van der Waals surface area (Å²) in [6.07, 6.45) is 1.37. The van der Waals surface area contributed by atoms with Crippen molar-refractivity contribution < 1.29 is 9.18 Å². The van der Waals surface area contributed by atoms with Crippen LogP contribution < -0.4 is 0 Å². The van der Waals surface area contributed by atoms with E-state index in [9.17, 15) is 9.18 Å². The van der Waals surface area contributed by atoms with Crippen LogP contribution in [-0.4, -0.2) is 38.6 Å². The molecule has 0 radical (unpaired) electrons. The summed E-state index contributed by atoms with van der Waals surface area (Å²) >= 11 is 0. The van der Waals surface area contributed by atoms with Gasteiger partial charge in [-0.3, -0.25) is 9.69 Å². The Bertz CT molecular complexity index is 1030. The Labute approximate surface area is 183 Å². The lowest BCUT2D eigenvalue weighted by atomic mass is 10.0. The van der Waals surface area contributed by atoms with Crippen LogP contribution in [0.2, 0.25) is 0 Å². The number of aromatic nitrogens is 2.